The van der Waals surface area contributed by atoms with Gasteiger partial charge in [-0.25, -0.2) is 10.2 Å². The van der Waals surface area contributed by atoms with E-state index in [1.165, 1.54) is 39.7 Å². The van der Waals surface area contributed by atoms with Gasteiger partial charge in [0.25, 0.3) is 5.91 Å². The Morgan fingerprint density at radius 1 is 0.946 bits per heavy atom. The summed E-state index contributed by atoms with van der Waals surface area (Å²) >= 11 is 6.83. The normalized spacial score (nSPS) is 10.6. The van der Waals surface area contributed by atoms with E-state index in [4.69, 9.17) is 18.9 Å². The number of rotatable bonds is 10. The van der Waals surface area contributed by atoms with Crippen molar-refractivity contribution in [2.45, 2.75) is 6.92 Å². The summed E-state index contributed by atoms with van der Waals surface area (Å²) in [4.78, 5) is 25.3. The van der Waals surface area contributed by atoms with Crippen LogP contribution in [-0.2, 0) is 4.79 Å². The Morgan fingerprint density at radius 3 is 2.27 bits per heavy atom. The zero-order chi connectivity index (χ0) is 26.9. The maximum absolute atomic E-state index is 13.0. The maximum atomic E-state index is 13.0. The van der Waals surface area contributed by atoms with Crippen LogP contribution in [0.4, 0.5) is 5.69 Å². The number of hydrazone groups is 1. The van der Waals surface area contributed by atoms with Gasteiger partial charge in [0.05, 0.1) is 44.1 Å². The van der Waals surface area contributed by atoms with Crippen molar-refractivity contribution in [2.75, 3.05) is 33.2 Å². The van der Waals surface area contributed by atoms with Crippen LogP contribution in [-0.4, -0.2) is 46.0 Å². The SMILES string of the molecule is COc1cc(C(=O)Oc2c(Br)cc(Br)cc2/C=N/NC(=O)CNc2cccc(C)c2)cc(OC)c1OC. The number of nitrogens with one attached hydrogen (secondary N) is 2. The molecule has 0 bridgehead atoms. The van der Waals surface area contributed by atoms with Crippen LogP contribution < -0.4 is 29.7 Å². The van der Waals surface area contributed by atoms with E-state index in [9.17, 15) is 9.59 Å². The number of carbonyl (C=O) groups excluding carboxylic acids is 2. The van der Waals surface area contributed by atoms with Gasteiger partial charge in [0.1, 0.15) is 0 Å². The fraction of sp³-hybridized carbons (Fsp3) is 0.192. The predicted molar refractivity (Wildman–Crippen MR) is 148 cm³/mol. The van der Waals surface area contributed by atoms with Crippen molar-refractivity contribution in [3.8, 4) is 23.0 Å². The molecule has 0 unspecified atom stereocenters. The van der Waals surface area contributed by atoms with Gasteiger partial charge >= 0.3 is 5.97 Å². The lowest BCUT2D eigenvalue weighted by Gasteiger charge is -2.15. The number of hydrogen-bond donors (Lipinski definition) is 2. The average Bonchev–Trinajstić information content (AvgIpc) is 2.88. The Labute approximate surface area is 231 Å². The monoisotopic (exact) mass is 633 g/mol. The van der Waals surface area contributed by atoms with E-state index in [-0.39, 0.29) is 23.8 Å². The molecule has 9 nitrogen and oxygen atoms in total. The quantitative estimate of drug-likeness (QED) is 0.134. The molecule has 0 spiro atoms. The fourth-order valence-electron chi connectivity index (χ4n) is 3.29. The molecule has 0 aliphatic rings. The number of benzene rings is 3. The van der Waals surface area contributed by atoms with Gasteiger partial charge in [0.15, 0.2) is 17.2 Å². The Morgan fingerprint density at radius 2 is 1.65 bits per heavy atom. The van der Waals surface area contributed by atoms with Crippen LogP contribution in [0.5, 0.6) is 23.0 Å². The zero-order valence-corrected chi connectivity index (χ0v) is 23.7. The minimum absolute atomic E-state index is 0.0337. The molecule has 2 N–H and O–H groups in total. The molecule has 0 heterocycles. The lowest BCUT2D eigenvalue weighted by molar-refractivity contribution is -0.119. The standard InChI is InChI=1S/C26H25Br2N3O6/c1-15-6-5-7-19(8-15)29-14-23(32)31-30-13-17-9-18(27)12-20(28)24(17)37-26(33)16-10-21(34-2)25(36-4)22(11-16)35-3/h5-13,29H,14H2,1-4H3,(H,31,32)/b30-13+. The number of ether oxygens (including phenoxy) is 4. The first-order valence-electron chi connectivity index (χ1n) is 10.9. The molecule has 0 aliphatic heterocycles. The molecule has 194 valence electrons. The third kappa shape index (κ3) is 7.46. The average molecular weight is 635 g/mol. The summed E-state index contributed by atoms with van der Waals surface area (Å²) in [6.07, 6.45) is 1.39. The summed E-state index contributed by atoms with van der Waals surface area (Å²) in [6.45, 7) is 2.00. The van der Waals surface area contributed by atoms with Crippen LogP contribution in [0.25, 0.3) is 0 Å². The van der Waals surface area contributed by atoms with Gasteiger partial charge < -0.3 is 24.3 Å². The van der Waals surface area contributed by atoms with Crippen LogP contribution in [0.3, 0.4) is 0 Å². The van der Waals surface area contributed by atoms with E-state index in [1.807, 2.05) is 31.2 Å². The Hall–Kier alpha value is -3.57. The lowest BCUT2D eigenvalue weighted by atomic mass is 10.1. The Kier molecular flexibility index (Phi) is 9.93. The highest BCUT2D eigenvalue weighted by molar-refractivity contribution is 9.11. The first-order chi connectivity index (χ1) is 17.7. The number of amides is 1. The number of halogens is 2. The smallest absolute Gasteiger partial charge is 0.343 e. The molecule has 0 saturated heterocycles. The number of nitrogens with zero attached hydrogens (tertiary/aromatic N) is 1. The molecule has 3 rings (SSSR count). The van der Waals surface area contributed by atoms with E-state index in [1.54, 1.807) is 12.1 Å². The first-order valence-corrected chi connectivity index (χ1v) is 12.5. The summed E-state index contributed by atoms with van der Waals surface area (Å²) in [7, 11) is 4.38. The van der Waals surface area contributed by atoms with Gasteiger partial charge in [-0.2, -0.15) is 5.10 Å². The second-order valence-corrected chi connectivity index (χ2v) is 9.40. The van der Waals surface area contributed by atoms with Gasteiger partial charge in [-0.05, 0) is 64.8 Å². The molecular weight excluding hydrogens is 610 g/mol. The molecule has 0 aliphatic carbocycles. The lowest BCUT2D eigenvalue weighted by Crippen LogP contribution is -2.25. The molecule has 1 amide bonds. The third-order valence-corrected chi connectivity index (χ3v) is 6.04. The second kappa shape index (κ2) is 13.1. The minimum atomic E-state index is -0.664. The van der Waals surface area contributed by atoms with Gasteiger partial charge in [-0.15, -0.1) is 0 Å². The van der Waals surface area contributed by atoms with E-state index in [0.717, 1.165) is 11.3 Å². The fourth-order valence-corrected chi connectivity index (χ4v) is 4.62. The second-order valence-electron chi connectivity index (χ2n) is 7.63. The molecule has 37 heavy (non-hydrogen) atoms. The van der Waals surface area contributed by atoms with Crippen molar-refractivity contribution < 1.29 is 28.5 Å². The molecular formula is C26H25Br2N3O6. The summed E-state index contributed by atoms with van der Waals surface area (Å²) in [5, 5.41) is 7.05. The third-order valence-electron chi connectivity index (χ3n) is 5.00. The molecule has 3 aromatic carbocycles. The van der Waals surface area contributed by atoms with Gasteiger partial charge in [-0.3, -0.25) is 4.79 Å². The summed E-state index contributed by atoms with van der Waals surface area (Å²) < 4.78 is 22.8. The summed E-state index contributed by atoms with van der Waals surface area (Å²) in [5.74, 6) is 0.177. The summed E-state index contributed by atoms with van der Waals surface area (Å²) in [5.41, 5.74) is 4.99. The van der Waals surface area contributed by atoms with Crippen molar-refractivity contribution in [3.05, 3.63) is 74.2 Å². The van der Waals surface area contributed by atoms with Crippen molar-refractivity contribution in [3.63, 3.8) is 0 Å². The van der Waals surface area contributed by atoms with Crippen molar-refractivity contribution in [2.24, 2.45) is 5.10 Å². The highest BCUT2D eigenvalue weighted by Gasteiger charge is 2.20. The summed E-state index contributed by atoms with van der Waals surface area (Å²) in [6, 6.07) is 14.1. The van der Waals surface area contributed by atoms with E-state index in [0.29, 0.717) is 31.8 Å². The van der Waals surface area contributed by atoms with E-state index in [2.05, 4.69) is 47.7 Å². The van der Waals surface area contributed by atoms with Crippen LogP contribution in [0.15, 0.2) is 62.6 Å². The predicted octanol–water partition coefficient (Wildman–Crippen LogP) is 5.33. The Balaban J connectivity index is 1.76. The van der Waals surface area contributed by atoms with Crippen molar-refractivity contribution >= 4 is 55.6 Å². The highest BCUT2D eigenvalue weighted by atomic mass is 79.9. The molecule has 0 saturated carbocycles. The van der Waals surface area contributed by atoms with Crippen LogP contribution in [0, 0.1) is 6.92 Å². The number of hydrogen-bond acceptors (Lipinski definition) is 8. The molecule has 0 fully saturated rings. The number of anilines is 1. The zero-order valence-electron chi connectivity index (χ0n) is 20.6. The first kappa shape index (κ1) is 28.0. The van der Waals surface area contributed by atoms with Gasteiger partial charge in [-0.1, -0.05) is 28.1 Å². The number of methoxy groups -OCH3 is 3. The largest absolute Gasteiger partial charge is 0.493 e. The number of aryl methyl sites for hydroxylation is 1. The van der Waals surface area contributed by atoms with Gasteiger partial charge in [0, 0.05) is 15.7 Å². The number of carbonyl (C=O) groups is 2. The molecule has 3 aromatic rings. The van der Waals surface area contributed by atoms with Gasteiger partial charge in [0.2, 0.25) is 5.75 Å². The minimum Gasteiger partial charge on any atom is -0.493 e. The van der Waals surface area contributed by atoms with Crippen LogP contribution in [0.1, 0.15) is 21.5 Å². The van der Waals surface area contributed by atoms with E-state index < -0.39 is 5.97 Å². The van der Waals surface area contributed by atoms with Crippen molar-refractivity contribution in [1.82, 2.24) is 5.43 Å². The molecule has 0 aromatic heterocycles. The Bertz CT molecular complexity index is 1300. The molecule has 11 heteroatoms. The van der Waals surface area contributed by atoms with Crippen LogP contribution in [0.2, 0.25) is 0 Å². The number of esters is 1. The highest BCUT2D eigenvalue weighted by Crippen LogP contribution is 2.39. The van der Waals surface area contributed by atoms with Crippen molar-refractivity contribution in [1.29, 1.82) is 0 Å². The topological polar surface area (TPSA) is 107 Å². The molecule has 0 radical (unpaired) electrons. The van der Waals surface area contributed by atoms with Crippen LogP contribution >= 0.6 is 31.9 Å². The maximum Gasteiger partial charge on any atom is 0.343 e. The molecule has 0 atom stereocenters. The van der Waals surface area contributed by atoms with E-state index >= 15 is 0 Å².